The molecule has 0 unspecified atom stereocenters. The van der Waals surface area contributed by atoms with Gasteiger partial charge in [-0.25, -0.2) is 0 Å². The van der Waals surface area contributed by atoms with Gasteiger partial charge in [0.1, 0.15) is 11.4 Å². The van der Waals surface area contributed by atoms with Crippen molar-refractivity contribution in [2.45, 2.75) is 66.4 Å². The quantitative estimate of drug-likeness (QED) is 0.675. The molecule has 4 nitrogen and oxygen atoms in total. The van der Waals surface area contributed by atoms with E-state index in [1.54, 1.807) is 13.8 Å². The summed E-state index contributed by atoms with van der Waals surface area (Å²) in [5.41, 5.74) is 2.00. The third-order valence-electron chi connectivity index (χ3n) is 3.68. The van der Waals surface area contributed by atoms with Crippen molar-refractivity contribution < 1.29 is 14.3 Å². The number of rotatable bonds is 9. The molecular formula is C19H31NO3. The number of aryl methyl sites for hydroxylation is 2. The molecule has 1 aromatic carbocycles. The monoisotopic (exact) mass is 321 g/mol. The minimum Gasteiger partial charge on any atom is -0.493 e. The topological polar surface area (TPSA) is 47.6 Å². The number of carbonyl (C=O) groups excluding carboxylic acids is 1. The fourth-order valence-corrected chi connectivity index (χ4v) is 2.27. The molecule has 130 valence electrons. The highest BCUT2D eigenvalue weighted by molar-refractivity contribution is 5.97. The van der Waals surface area contributed by atoms with Crippen molar-refractivity contribution in [2.24, 2.45) is 0 Å². The Balaban J connectivity index is 2.80. The van der Waals surface area contributed by atoms with Gasteiger partial charge in [-0.15, -0.1) is 0 Å². The molecule has 0 aliphatic rings. The van der Waals surface area contributed by atoms with Crippen molar-refractivity contribution in [2.75, 3.05) is 18.5 Å². The molecule has 0 aromatic heterocycles. The van der Waals surface area contributed by atoms with Crippen LogP contribution in [0.5, 0.6) is 5.75 Å². The lowest BCUT2D eigenvalue weighted by Crippen LogP contribution is -2.40. The summed E-state index contributed by atoms with van der Waals surface area (Å²) in [5, 5.41) is 2.95. The predicted molar refractivity (Wildman–Crippen MR) is 95.3 cm³/mol. The minimum absolute atomic E-state index is 0.135. The Labute approximate surface area is 140 Å². The van der Waals surface area contributed by atoms with E-state index in [0.717, 1.165) is 48.4 Å². The fourth-order valence-electron chi connectivity index (χ4n) is 2.27. The molecule has 0 atom stereocenters. The largest absolute Gasteiger partial charge is 0.493 e. The Morgan fingerprint density at radius 2 is 1.70 bits per heavy atom. The van der Waals surface area contributed by atoms with Gasteiger partial charge >= 0.3 is 0 Å². The lowest BCUT2D eigenvalue weighted by Gasteiger charge is -2.24. The zero-order chi connectivity index (χ0) is 17.5. The van der Waals surface area contributed by atoms with E-state index in [4.69, 9.17) is 9.47 Å². The molecule has 0 radical (unpaired) electrons. The molecule has 0 saturated heterocycles. The van der Waals surface area contributed by atoms with E-state index in [9.17, 15) is 4.79 Å². The van der Waals surface area contributed by atoms with E-state index in [0.29, 0.717) is 6.61 Å². The number of carbonyl (C=O) groups is 1. The van der Waals surface area contributed by atoms with Crippen molar-refractivity contribution >= 4 is 11.6 Å². The molecule has 0 bridgehead atoms. The van der Waals surface area contributed by atoms with Crippen molar-refractivity contribution in [3.63, 3.8) is 0 Å². The molecular weight excluding hydrogens is 290 g/mol. The van der Waals surface area contributed by atoms with Gasteiger partial charge in [0.2, 0.25) is 0 Å². The van der Waals surface area contributed by atoms with Gasteiger partial charge in [-0.05, 0) is 63.8 Å². The van der Waals surface area contributed by atoms with E-state index in [1.807, 2.05) is 32.9 Å². The van der Waals surface area contributed by atoms with E-state index in [2.05, 4.69) is 12.2 Å². The normalized spacial score (nSPS) is 11.4. The summed E-state index contributed by atoms with van der Waals surface area (Å²) in [5.74, 6) is 0.780. The average molecular weight is 321 g/mol. The van der Waals surface area contributed by atoms with E-state index >= 15 is 0 Å². The number of amides is 1. The van der Waals surface area contributed by atoms with Crippen LogP contribution in [-0.2, 0) is 9.53 Å². The Kier molecular flexibility index (Phi) is 7.56. The summed E-state index contributed by atoms with van der Waals surface area (Å²) in [4.78, 5) is 12.4. The lowest BCUT2D eigenvalue weighted by atomic mass is 10.1. The number of unbranched alkanes of at least 4 members (excludes halogenated alkanes) is 1. The molecule has 0 aliphatic carbocycles. The van der Waals surface area contributed by atoms with Crippen LogP contribution >= 0.6 is 0 Å². The third-order valence-corrected chi connectivity index (χ3v) is 3.68. The summed E-state index contributed by atoms with van der Waals surface area (Å²) in [6.45, 7) is 13.1. The zero-order valence-electron chi connectivity index (χ0n) is 15.4. The van der Waals surface area contributed by atoms with Crippen molar-refractivity contribution in [3.8, 4) is 5.75 Å². The molecule has 0 aliphatic heterocycles. The minimum atomic E-state index is -0.839. The van der Waals surface area contributed by atoms with Crippen LogP contribution in [-0.4, -0.2) is 24.7 Å². The van der Waals surface area contributed by atoms with Crippen molar-refractivity contribution in [1.29, 1.82) is 0 Å². The Bertz CT molecular complexity index is 500. The van der Waals surface area contributed by atoms with E-state index in [1.165, 1.54) is 0 Å². The van der Waals surface area contributed by atoms with Crippen LogP contribution in [0.2, 0.25) is 0 Å². The average Bonchev–Trinajstić information content (AvgIpc) is 2.48. The van der Waals surface area contributed by atoms with Gasteiger partial charge in [-0.1, -0.05) is 20.3 Å². The molecule has 0 spiro atoms. The first-order valence-electron chi connectivity index (χ1n) is 8.51. The van der Waals surface area contributed by atoms with E-state index < -0.39 is 5.60 Å². The number of nitrogens with one attached hydrogen (secondary N) is 1. The Hall–Kier alpha value is -1.55. The predicted octanol–water partition coefficient (Wildman–Crippen LogP) is 4.63. The van der Waals surface area contributed by atoms with Crippen LogP contribution in [0.4, 0.5) is 5.69 Å². The number of hydrogen-bond donors (Lipinski definition) is 1. The van der Waals surface area contributed by atoms with Crippen LogP contribution < -0.4 is 10.1 Å². The summed E-state index contributed by atoms with van der Waals surface area (Å²) in [6, 6.07) is 3.89. The standard InChI is InChI=1S/C19H31NO3/c1-7-9-11-22-17-14(3)12-16(13-15(17)4)20-18(21)19(5,6)23-10-8-2/h12-13H,7-11H2,1-6H3,(H,20,21). The molecule has 1 N–H and O–H groups in total. The van der Waals surface area contributed by atoms with Crippen molar-refractivity contribution in [1.82, 2.24) is 0 Å². The molecule has 1 aromatic rings. The van der Waals surface area contributed by atoms with Crippen LogP contribution in [0.15, 0.2) is 12.1 Å². The van der Waals surface area contributed by atoms with Gasteiger partial charge in [0.05, 0.1) is 6.61 Å². The molecule has 0 saturated carbocycles. The molecule has 1 rings (SSSR count). The van der Waals surface area contributed by atoms with Crippen molar-refractivity contribution in [3.05, 3.63) is 23.3 Å². The first-order valence-corrected chi connectivity index (χ1v) is 8.51. The zero-order valence-corrected chi connectivity index (χ0v) is 15.4. The van der Waals surface area contributed by atoms with Gasteiger partial charge in [0, 0.05) is 12.3 Å². The van der Waals surface area contributed by atoms with Gasteiger partial charge in [-0.2, -0.15) is 0 Å². The van der Waals surface area contributed by atoms with Gasteiger partial charge < -0.3 is 14.8 Å². The second-order valence-electron chi connectivity index (χ2n) is 6.45. The Morgan fingerprint density at radius 3 is 2.22 bits per heavy atom. The summed E-state index contributed by atoms with van der Waals surface area (Å²) in [7, 11) is 0. The maximum atomic E-state index is 12.4. The SMILES string of the molecule is CCCCOc1c(C)cc(NC(=O)C(C)(C)OCCC)cc1C. The van der Waals surface area contributed by atoms with Gasteiger partial charge in [0.25, 0.3) is 5.91 Å². The second-order valence-corrected chi connectivity index (χ2v) is 6.45. The highest BCUT2D eigenvalue weighted by atomic mass is 16.5. The second kappa shape index (κ2) is 8.92. The fraction of sp³-hybridized carbons (Fsp3) is 0.632. The maximum absolute atomic E-state index is 12.4. The molecule has 0 heterocycles. The first-order chi connectivity index (χ1) is 10.8. The maximum Gasteiger partial charge on any atom is 0.256 e. The highest BCUT2D eigenvalue weighted by Crippen LogP contribution is 2.28. The Morgan fingerprint density at radius 1 is 1.09 bits per heavy atom. The first kappa shape index (κ1) is 19.5. The molecule has 1 amide bonds. The summed E-state index contributed by atoms with van der Waals surface area (Å²) in [6.07, 6.45) is 3.04. The highest BCUT2D eigenvalue weighted by Gasteiger charge is 2.28. The van der Waals surface area contributed by atoms with Crippen LogP contribution in [0, 0.1) is 13.8 Å². The van der Waals surface area contributed by atoms with Gasteiger partial charge in [0.15, 0.2) is 0 Å². The van der Waals surface area contributed by atoms with Crippen LogP contribution in [0.1, 0.15) is 58.1 Å². The molecule has 4 heteroatoms. The summed E-state index contributed by atoms with van der Waals surface area (Å²) >= 11 is 0. The number of hydrogen-bond acceptors (Lipinski definition) is 3. The third kappa shape index (κ3) is 5.87. The number of benzene rings is 1. The van der Waals surface area contributed by atoms with Crippen LogP contribution in [0.25, 0.3) is 0 Å². The number of ether oxygens (including phenoxy) is 2. The number of anilines is 1. The van der Waals surface area contributed by atoms with Gasteiger partial charge in [-0.3, -0.25) is 4.79 Å². The smallest absolute Gasteiger partial charge is 0.256 e. The van der Waals surface area contributed by atoms with Crippen LogP contribution in [0.3, 0.4) is 0 Å². The molecule has 0 fully saturated rings. The summed E-state index contributed by atoms with van der Waals surface area (Å²) < 4.78 is 11.5. The van der Waals surface area contributed by atoms with E-state index in [-0.39, 0.29) is 5.91 Å². The lowest BCUT2D eigenvalue weighted by molar-refractivity contribution is -0.137. The molecule has 23 heavy (non-hydrogen) atoms.